The fourth-order valence-electron chi connectivity index (χ4n) is 1.10. The number of nitrogens with one attached hydrogen (secondary N) is 1. The molecule has 0 fully saturated rings. The number of aliphatic hydroxyl groups excluding tert-OH is 1. The molecular weight excluding hydrogens is 221 g/mol. The molecule has 1 aromatic rings. The first-order valence-corrected chi connectivity index (χ1v) is 4.86. The van der Waals surface area contributed by atoms with E-state index in [0.29, 0.717) is 13.0 Å². The number of nitrogens with zero attached hydrogens (tertiary/aromatic N) is 1. The zero-order valence-electron chi connectivity index (χ0n) is 8.75. The van der Waals surface area contributed by atoms with Crippen molar-refractivity contribution in [2.24, 2.45) is 0 Å². The van der Waals surface area contributed by atoms with Crippen molar-refractivity contribution in [3.8, 4) is 0 Å². The van der Waals surface area contributed by atoms with Crippen molar-refractivity contribution in [3.63, 3.8) is 0 Å². The van der Waals surface area contributed by atoms with Crippen LogP contribution in [0.3, 0.4) is 0 Å². The molecular formula is C10H13F3N2O. The van der Waals surface area contributed by atoms with Crippen molar-refractivity contribution >= 4 is 5.82 Å². The highest BCUT2D eigenvalue weighted by Gasteiger charge is 2.32. The number of aliphatic hydroxyl groups is 1. The molecule has 0 aromatic carbocycles. The monoisotopic (exact) mass is 234 g/mol. The molecule has 0 aliphatic heterocycles. The Morgan fingerprint density at radius 1 is 1.44 bits per heavy atom. The van der Waals surface area contributed by atoms with E-state index >= 15 is 0 Å². The van der Waals surface area contributed by atoms with Crippen molar-refractivity contribution in [2.45, 2.75) is 25.6 Å². The van der Waals surface area contributed by atoms with Gasteiger partial charge in [0.25, 0.3) is 0 Å². The van der Waals surface area contributed by atoms with Crippen LogP contribution in [0.1, 0.15) is 19.0 Å². The third-order valence-electron chi connectivity index (χ3n) is 1.91. The SMILES string of the molecule is CC(O)CCNc1cccc(C(F)(F)F)n1. The minimum absolute atomic E-state index is 0.162. The summed E-state index contributed by atoms with van der Waals surface area (Å²) < 4.78 is 36.9. The number of hydrogen-bond donors (Lipinski definition) is 2. The van der Waals surface area contributed by atoms with Crippen LogP contribution >= 0.6 is 0 Å². The van der Waals surface area contributed by atoms with E-state index in [2.05, 4.69) is 10.3 Å². The Hall–Kier alpha value is -1.30. The molecule has 1 unspecified atom stereocenters. The van der Waals surface area contributed by atoms with Gasteiger partial charge in [0.15, 0.2) is 0 Å². The molecule has 1 rings (SSSR count). The smallest absolute Gasteiger partial charge is 0.393 e. The summed E-state index contributed by atoms with van der Waals surface area (Å²) in [6.07, 6.45) is -4.46. The van der Waals surface area contributed by atoms with Crippen LogP contribution in [-0.2, 0) is 6.18 Å². The molecule has 0 spiro atoms. The Labute approximate surface area is 91.3 Å². The summed E-state index contributed by atoms with van der Waals surface area (Å²) in [6, 6.07) is 3.66. The number of aromatic nitrogens is 1. The molecule has 0 aliphatic rings. The Balaban J connectivity index is 2.61. The first-order chi connectivity index (χ1) is 7.39. The van der Waals surface area contributed by atoms with Crippen LogP contribution in [0.25, 0.3) is 0 Å². The zero-order chi connectivity index (χ0) is 12.2. The van der Waals surface area contributed by atoms with Gasteiger partial charge in [0, 0.05) is 6.54 Å². The second-order valence-electron chi connectivity index (χ2n) is 3.47. The predicted molar refractivity (Wildman–Crippen MR) is 54.0 cm³/mol. The largest absolute Gasteiger partial charge is 0.433 e. The Bertz CT molecular complexity index is 339. The molecule has 0 amide bonds. The van der Waals surface area contributed by atoms with Gasteiger partial charge in [0.05, 0.1) is 6.10 Å². The van der Waals surface area contributed by atoms with Gasteiger partial charge in [-0.3, -0.25) is 0 Å². The van der Waals surface area contributed by atoms with Crippen LogP contribution in [0.2, 0.25) is 0 Å². The van der Waals surface area contributed by atoms with Crippen LogP contribution in [0.4, 0.5) is 19.0 Å². The normalized spacial score (nSPS) is 13.6. The Morgan fingerprint density at radius 2 is 2.12 bits per heavy atom. The third kappa shape index (κ3) is 4.06. The highest BCUT2D eigenvalue weighted by atomic mass is 19.4. The highest BCUT2D eigenvalue weighted by molar-refractivity contribution is 5.35. The first kappa shape index (κ1) is 12.8. The lowest BCUT2D eigenvalue weighted by atomic mass is 10.3. The van der Waals surface area contributed by atoms with E-state index < -0.39 is 18.0 Å². The highest BCUT2D eigenvalue weighted by Crippen LogP contribution is 2.28. The number of anilines is 1. The van der Waals surface area contributed by atoms with Crippen molar-refractivity contribution in [1.82, 2.24) is 4.98 Å². The molecule has 6 heteroatoms. The summed E-state index contributed by atoms with van der Waals surface area (Å²) in [4.78, 5) is 3.42. The van der Waals surface area contributed by atoms with E-state index in [1.54, 1.807) is 6.92 Å². The average molecular weight is 234 g/mol. The van der Waals surface area contributed by atoms with Gasteiger partial charge in [-0.05, 0) is 25.5 Å². The molecule has 0 aliphatic carbocycles. The molecule has 3 nitrogen and oxygen atoms in total. The minimum Gasteiger partial charge on any atom is -0.393 e. The summed E-state index contributed by atoms with van der Waals surface area (Å²) in [6.45, 7) is 1.99. The van der Waals surface area contributed by atoms with Crippen LogP contribution < -0.4 is 5.32 Å². The fraction of sp³-hybridized carbons (Fsp3) is 0.500. The van der Waals surface area contributed by atoms with Gasteiger partial charge in [0.2, 0.25) is 0 Å². The topological polar surface area (TPSA) is 45.1 Å². The molecule has 0 saturated heterocycles. The van der Waals surface area contributed by atoms with Crippen molar-refractivity contribution in [3.05, 3.63) is 23.9 Å². The lowest BCUT2D eigenvalue weighted by Crippen LogP contribution is -2.13. The molecule has 0 radical (unpaired) electrons. The second-order valence-corrected chi connectivity index (χ2v) is 3.47. The average Bonchev–Trinajstić information content (AvgIpc) is 2.16. The summed E-state index contributed by atoms with van der Waals surface area (Å²) in [5, 5.41) is 11.7. The molecule has 1 aromatic heterocycles. The van der Waals surface area contributed by atoms with Gasteiger partial charge in [-0.25, -0.2) is 4.98 Å². The van der Waals surface area contributed by atoms with E-state index in [4.69, 9.17) is 5.11 Å². The van der Waals surface area contributed by atoms with Crippen LogP contribution in [0.5, 0.6) is 0 Å². The Kier molecular flexibility index (Phi) is 4.12. The predicted octanol–water partition coefficient (Wildman–Crippen LogP) is 2.28. The number of hydrogen-bond acceptors (Lipinski definition) is 3. The lowest BCUT2D eigenvalue weighted by molar-refractivity contribution is -0.141. The molecule has 90 valence electrons. The number of halogens is 3. The molecule has 1 heterocycles. The van der Waals surface area contributed by atoms with Crippen molar-refractivity contribution in [1.29, 1.82) is 0 Å². The maximum atomic E-state index is 12.3. The molecule has 1 atom stereocenters. The van der Waals surface area contributed by atoms with E-state index in [1.807, 2.05) is 0 Å². The van der Waals surface area contributed by atoms with Gasteiger partial charge in [-0.15, -0.1) is 0 Å². The van der Waals surface area contributed by atoms with Gasteiger partial charge in [-0.2, -0.15) is 13.2 Å². The van der Waals surface area contributed by atoms with Gasteiger partial charge in [-0.1, -0.05) is 6.07 Å². The van der Waals surface area contributed by atoms with Crippen molar-refractivity contribution < 1.29 is 18.3 Å². The maximum absolute atomic E-state index is 12.3. The lowest BCUT2D eigenvalue weighted by Gasteiger charge is -2.10. The standard InChI is InChI=1S/C10H13F3N2O/c1-7(16)5-6-14-9-4-2-3-8(15-9)10(11,12)13/h2-4,7,16H,5-6H2,1H3,(H,14,15). The van der Waals surface area contributed by atoms with E-state index in [0.717, 1.165) is 6.07 Å². The van der Waals surface area contributed by atoms with Crippen LogP contribution in [0.15, 0.2) is 18.2 Å². The van der Waals surface area contributed by atoms with E-state index in [9.17, 15) is 13.2 Å². The van der Waals surface area contributed by atoms with Crippen LogP contribution in [0, 0.1) is 0 Å². The number of alkyl halides is 3. The third-order valence-corrected chi connectivity index (χ3v) is 1.91. The van der Waals surface area contributed by atoms with Gasteiger partial charge < -0.3 is 10.4 Å². The molecule has 16 heavy (non-hydrogen) atoms. The number of pyridine rings is 1. The van der Waals surface area contributed by atoms with Gasteiger partial charge >= 0.3 is 6.18 Å². The summed E-state index contributed by atoms with van der Waals surface area (Å²) in [7, 11) is 0. The Morgan fingerprint density at radius 3 is 2.69 bits per heavy atom. The minimum atomic E-state index is -4.43. The quantitative estimate of drug-likeness (QED) is 0.840. The second kappa shape index (κ2) is 5.16. The van der Waals surface area contributed by atoms with E-state index in [-0.39, 0.29) is 5.82 Å². The molecule has 0 bridgehead atoms. The van der Waals surface area contributed by atoms with Gasteiger partial charge in [0.1, 0.15) is 11.5 Å². The molecule has 2 N–H and O–H groups in total. The van der Waals surface area contributed by atoms with Crippen LogP contribution in [-0.4, -0.2) is 22.7 Å². The molecule has 0 saturated carbocycles. The fourth-order valence-corrected chi connectivity index (χ4v) is 1.10. The van der Waals surface area contributed by atoms with E-state index in [1.165, 1.54) is 12.1 Å². The first-order valence-electron chi connectivity index (χ1n) is 4.86. The number of rotatable bonds is 4. The van der Waals surface area contributed by atoms with Crippen molar-refractivity contribution in [2.75, 3.05) is 11.9 Å². The summed E-state index contributed by atoms with van der Waals surface area (Å²) >= 11 is 0. The summed E-state index contributed by atoms with van der Waals surface area (Å²) in [5.74, 6) is 0.162. The maximum Gasteiger partial charge on any atom is 0.433 e. The zero-order valence-corrected chi connectivity index (χ0v) is 8.75. The summed E-state index contributed by atoms with van der Waals surface area (Å²) in [5.41, 5.74) is -0.922.